The van der Waals surface area contributed by atoms with E-state index in [1.165, 1.54) is 5.56 Å². The highest BCUT2D eigenvalue weighted by atomic mass is 32.2. The van der Waals surface area contributed by atoms with Gasteiger partial charge in [0, 0.05) is 27.9 Å². The maximum atomic E-state index is 11.8. The first-order valence-corrected chi connectivity index (χ1v) is 8.44. The van der Waals surface area contributed by atoms with Gasteiger partial charge in [-0.25, -0.2) is 0 Å². The minimum Gasteiger partial charge on any atom is -0.298 e. The summed E-state index contributed by atoms with van der Waals surface area (Å²) in [6.07, 6.45) is 2.80. The van der Waals surface area contributed by atoms with E-state index in [1.54, 1.807) is 0 Å². The predicted molar refractivity (Wildman–Crippen MR) is 82.0 cm³/mol. The molecule has 0 bridgehead atoms. The van der Waals surface area contributed by atoms with E-state index in [-0.39, 0.29) is 0 Å². The fourth-order valence-electron chi connectivity index (χ4n) is 2.13. The highest BCUT2D eigenvalue weighted by molar-refractivity contribution is 7.84. The number of hydrogen-bond donors (Lipinski definition) is 0. The number of rotatable bonds is 8. The molecule has 19 heavy (non-hydrogen) atoms. The van der Waals surface area contributed by atoms with Crippen LogP contribution in [0.2, 0.25) is 0 Å². The summed E-state index contributed by atoms with van der Waals surface area (Å²) < 4.78 is 11.8. The molecule has 0 saturated carbocycles. The molecule has 3 heteroatoms. The summed E-state index contributed by atoms with van der Waals surface area (Å²) in [4.78, 5) is 10.8. The van der Waals surface area contributed by atoms with E-state index in [0.29, 0.717) is 11.8 Å². The van der Waals surface area contributed by atoms with Crippen LogP contribution in [0.3, 0.4) is 0 Å². The van der Waals surface area contributed by atoms with Crippen LogP contribution in [-0.2, 0) is 17.2 Å². The van der Waals surface area contributed by atoms with Gasteiger partial charge in [-0.2, -0.15) is 0 Å². The van der Waals surface area contributed by atoms with E-state index in [2.05, 4.69) is 26.8 Å². The van der Waals surface area contributed by atoms with Gasteiger partial charge in [0.25, 0.3) is 0 Å². The van der Waals surface area contributed by atoms with E-state index in [9.17, 15) is 9.00 Å². The molecule has 3 unspecified atom stereocenters. The second-order valence-corrected chi connectivity index (χ2v) is 6.95. The predicted octanol–water partition coefficient (Wildman–Crippen LogP) is 3.47. The Hall–Kier alpha value is -0.960. The molecule has 0 fully saturated rings. The van der Waals surface area contributed by atoms with Crippen LogP contribution >= 0.6 is 0 Å². The summed E-state index contributed by atoms with van der Waals surface area (Å²) in [5.41, 5.74) is 1.91. The molecule has 0 saturated heterocycles. The van der Waals surface area contributed by atoms with Gasteiger partial charge in [-0.3, -0.25) is 9.00 Å². The van der Waals surface area contributed by atoms with Crippen molar-refractivity contribution in [2.24, 2.45) is 11.8 Å². The summed E-state index contributed by atoms with van der Waals surface area (Å²) in [7, 11) is -0.691. The highest BCUT2D eigenvalue weighted by Gasteiger charge is 2.15. The zero-order chi connectivity index (χ0) is 14.3. The fraction of sp³-hybridized carbons (Fsp3) is 0.562. The van der Waals surface area contributed by atoms with Crippen LogP contribution in [0.15, 0.2) is 24.3 Å². The fourth-order valence-corrected chi connectivity index (χ4v) is 3.67. The summed E-state index contributed by atoms with van der Waals surface area (Å²) in [5.74, 6) is 2.50. The van der Waals surface area contributed by atoms with Gasteiger partial charge in [-0.1, -0.05) is 39.0 Å². The van der Waals surface area contributed by atoms with Gasteiger partial charge in [-0.15, -0.1) is 0 Å². The average Bonchev–Trinajstić information content (AvgIpc) is 2.39. The molecule has 0 spiro atoms. The van der Waals surface area contributed by atoms with E-state index < -0.39 is 10.8 Å². The normalized spacial score (nSPS) is 15.7. The second-order valence-electron chi connectivity index (χ2n) is 5.33. The van der Waals surface area contributed by atoms with Crippen LogP contribution < -0.4 is 0 Å². The van der Waals surface area contributed by atoms with Gasteiger partial charge < -0.3 is 0 Å². The van der Waals surface area contributed by atoms with Gasteiger partial charge in [0.05, 0.1) is 0 Å². The molecule has 0 N–H and O–H groups in total. The lowest BCUT2D eigenvalue weighted by Gasteiger charge is -2.19. The quantitative estimate of drug-likeness (QED) is 0.683. The molecule has 0 amide bonds. The average molecular weight is 280 g/mol. The van der Waals surface area contributed by atoms with Crippen molar-refractivity contribution in [3.63, 3.8) is 0 Å². The molecule has 0 aliphatic carbocycles. The van der Waals surface area contributed by atoms with Crippen molar-refractivity contribution in [3.05, 3.63) is 35.4 Å². The number of hydrogen-bond acceptors (Lipinski definition) is 2. The molecular formula is C16H24O2S. The van der Waals surface area contributed by atoms with E-state index in [4.69, 9.17) is 0 Å². The molecule has 3 atom stereocenters. The molecule has 2 nitrogen and oxygen atoms in total. The van der Waals surface area contributed by atoms with Crippen LogP contribution in [0, 0.1) is 11.8 Å². The zero-order valence-electron chi connectivity index (χ0n) is 12.1. The minimum atomic E-state index is -0.691. The zero-order valence-corrected chi connectivity index (χ0v) is 12.9. The Morgan fingerprint density at radius 2 is 2.00 bits per heavy atom. The number of benzene rings is 1. The Balaban J connectivity index is 2.55. The third-order valence-corrected chi connectivity index (χ3v) is 5.26. The second kappa shape index (κ2) is 8.26. The number of carbonyl (C=O) groups excluding carboxylic acids is 1. The molecule has 0 heterocycles. The third kappa shape index (κ3) is 5.68. The Morgan fingerprint density at radius 1 is 1.26 bits per heavy atom. The van der Waals surface area contributed by atoms with Crippen LogP contribution in [0.5, 0.6) is 0 Å². The lowest BCUT2D eigenvalue weighted by atomic mass is 9.90. The smallest absolute Gasteiger partial charge is 0.150 e. The first kappa shape index (κ1) is 16.1. The molecule has 0 aliphatic rings. The van der Waals surface area contributed by atoms with Crippen LogP contribution in [0.1, 0.15) is 43.1 Å². The maximum absolute atomic E-state index is 11.8. The van der Waals surface area contributed by atoms with Gasteiger partial charge >= 0.3 is 0 Å². The topological polar surface area (TPSA) is 34.1 Å². The summed E-state index contributed by atoms with van der Waals surface area (Å²) in [6, 6.07) is 7.74. The van der Waals surface area contributed by atoms with E-state index >= 15 is 0 Å². The highest BCUT2D eigenvalue weighted by Crippen LogP contribution is 2.19. The van der Waals surface area contributed by atoms with Crippen molar-refractivity contribution >= 4 is 17.1 Å². The van der Waals surface area contributed by atoms with Gasteiger partial charge in [-0.05, 0) is 36.3 Å². The Kier molecular flexibility index (Phi) is 7.00. The number of aldehydes is 1. The largest absolute Gasteiger partial charge is 0.298 e. The lowest BCUT2D eigenvalue weighted by molar-refractivity contribution is 0.112. The third-order valence-electron chi connectivity index (χ3n) is 3.50. The molecule has 0 aromatic heterocycles. The summed E-state index contributed by atoms with van der Waals surface area (Å²) >= 11 is 0. The Labute approximate surface area is 119 Å². The molecule has 0 aliphatic heterocycles. The first-order chi connectivity index (χ1) is 9.06. The number of carbonyl (C=O) groups is 1. The minimum absolute atomic E-state index is 0.437. The van der Waals surface area contributed by atoms with Gasteiger partial charge in [0.1, 0.15) is 6.29 Å². The molecule has 1 rings (SSSR count). The van der Waals surface area contributed by atoms with Gasteiger partial charge in [0.15, 0.2) is 0 Å². The van der Waals surface area contributed by atoms with Crippen molar-refractivity contribution < 1.29 is 9.00 Å². The van der Waals surface area contributed by atoms with Crippen LogP contribution in [-0.4, -0.2) is 22.0 Å². The molecule has 1 aromatic carbocycles. The Morgan fingerprint density at radius 3 is 2.63 bits per heavy atom. The first-order valence-electron chi connectivity index (χ1n) is 6.95. The monoisotopic (exact) mass is 280 g/mol. The van der Waals surface area contributed by atoms with Crippen LogP contribution in [0.25, 0.3) is 0 Å². The van der Waals surface area contributed by atoms with Crippen molar-refractivity contribution in [2.45, 2.75) is 33.6 Å². The molecular weight excluding hydrogens is 256 g/mol. The summed E-state index contributed by atoms with van der Waals surface area (Å²) in [5, 5.41) is 0. The molecule has 1 aromatic rings. The maximum Gasteiger partial charge on any atom is 0.150 e. The van der Waals surface area contributed by atoms with Gasteiger partial charge in [0.2, 0.25) is 0 Å². The van der Waals surface area contributed by atoms with E-state index in [0.717, 1.165) is 36.2 Å². The Bertz CT molecular complexity index is 429. The van der Waals surface area contributed by atoms with Crippen molar-refractivity contribution in [1.82, 2.24) is 0 Å². The van der Waals surface area contributed by atoms with E-state index in [1.807, 2.05) is 18.2 Å². The molecule has 106 valence electrons. The standard InChI is InChI=1S/C16H24O2S/c1-4-8-19(18)12-14(3)13(2)9-15-6-5-7-16(10-15)11-17/h5-7,10-11,13-14H,4,8-9,12H2,1-3H3. The van der Waals surface area contributed by atoms with Crippen LogP contribution in [0.4, 0.5) is 0 Å². The van der Waals surface area contributed by atoms with Crippen molar-refractivity contribution in [1.29, 1.82) is 0 Å². The molecule has 0 radical (unpaired) electrons. The lowest BCUT2D eigenvalue weighted by Crippen LogP contribution is -2.19. The summed E-state index contributed by atoms with van der Waals surface area (Å²) in [6.45, 7) is 6.43. The SMILES string of the molecule is CCCS(=O)CC(C)C(C)Cc1cccc(C=O)c1. The van der Waals surface area contributed by atoms with Crippen molar-refractivity contribution in [2.75, 3.05) is 11.5 Å². The van der Waals surface area contributed by atoms with Crippen molar-refractivity contribution in [3.8, 4) is 0 Å².